The van der Waals surface area contributed by atoms with Crippen molar-refractivity contribution in [1.82, 2.24) is 10.6 Å². The second-order valence-electron chi connectivity index (χ2n) is 7.07. The Labute approximate surface area is 184 Å². The van der Waals surface area contributed by atoms with Crippen LogP contribution in [0.15, 0.2) is 47.7 Å². The molecule has 0 amide bonds. The maximum atomic E-state index is 14.2. The van der Waals surface area contributed by atoms with Crippen molar-refractivity contribution in [2.24, 2.45) is 0 Å². The highest BCUT2D eigenvalue weighted by Gasteiger charge is 2.35. The van der Waals surface area contributed by atoms with Gasteiger partial charge in [0, 0.05) is 28.8 Å². The molecule has 2 aromatic carbocycles. The summed E-state index contributed by atoms with van der Waals surface area (Å²) in [7, 11) is 1.53. The molecular weight excluding hydrogens is 427 g/mol. The summed E-state index contributed by atoms with van der Waals surface area (Å²) in [4.78, 5) is 12.7. The molecule has 30 heavy (non-hydrogen) atoms. The molecule has 156 valence electrons. The largest absolute Gasteiger partial charge is 0.493 e. The summed E-state index contributed by atoms with van der Waals surface area (Å²) in [6.07, 6.45) is 2.02. The Kier molecular flexibility index (Phi) is 5.92. The van der Waals surface area contributed by atoms with E-state index in [1.807, 2.05) is 12.1 Å². The highest BCUT2D eigenvalue weighted by Crippen LogP contribution is 2.41. The zero-order chi connectivity index (χ0) is 21.3. The topological polar surface area (TPSA) is 59.6 Å². The number of carbonyl (C=O) groups is 1. The number of hydrogen-bond donors (Lipinski definition) is 2. The second-order valence-corrected chi connectivity index (χ2v) is 7.88. The lowest BCUT2D eigenvalue weighted by Crippen LogP contribution is -2.46. The SMILES string of the molecule is COc1cccc(C2NC(=S)NC3=C2C(=O)CCC3)c1OCc1c(F)cccc1Cl. The van der Waals surface area contributed by atoms with E-state index in [0.717, 1.165) is 18.5 Å². The van der Waals surface area contributed by atoms with Gasteiger partial charge in [-0.25, -0.2) is 4.39 Å². The number of hydrogen-bond acceptors (Lipinski definition) is 4. The van der Waals surface area contributed by atoms with Gasteiger partial charge in [-0.2, -0.15) is 0 Å². The van der Waals surface area contributed by atoms with Crippen molar-refractivity contribution in [3.8, 4) is 11.5 Å². The molecule has 2 aliphatic rings. The van der Waals surface area contributed by atoms with Gasteiger partial charge in [-0.05, 0) is 43.3 Å². The molecule has 1 heterocycles. The lowest BCUT2D eigenvalue weighted by molar-refractivity contribution is -0.116. The average Bonchev–Trinajstić information content (AvgIpc) is 2.72. The van der Waals surface area contributed by atoms with E-state index >= 15 is 0 Å². The van der Waals surface area contributed by atoms with Crippen LogP contribution in [0.3, 0.4) is 0 Å². The van der Waals surface area contributed by atoms with Crippen LogP contribution >= 0.6 is 23.8 Å². The molecule has 4 rings (SSSR count). The molecule has 0 radical (unpaired) electrons. The van der Waals surface area contributed by atoms with E-state index in [1.54, 1.807) is 12.1 Å². The minimum absolute atomic E-state index is 0.0645. The number of halogens is 2. The Morgan fingerprint density at radius 1 is 1.23 bits per heavy atom. The molecule has 1 unspecified atom stereocenters. The minimum atomic E-state index is -0.484. The fraction of sp³-hybridized carbons (Fsp3) is 0.273. The predicted octanol–water partition coefficient (Wildman–Crippen LogP) is 4.59. The third-order valence-corrected chi connectivity index (χ3v) is 5.82. The van der Waals surface area contributed by atoms with Crippen molar-refractivity contribution in [1.29, 1.82) is 0 Å². The summed E-state index contributed by atoms with van der Waals surface area (Å²) in [6.45, 7) is -0.0891. The first-order valence-electron chi connectivity index (χ1n) is 9.56. The molecule has 0 spiro atoms. The van der Waals surface area contributed by atoms with Crippen LogP contribution in [0.25, 0.3) is 0 Å². The molecule has 2 N–H and O–H groups in total. The van der Waals surface area contributed by atoms with Crippen molar-refractivity contribution in [2.75, 3.05) is 7.11 Å². The van der Waals surface area contributed by atoms with Crippen LogP contribution in [0.2, 0.25) is 5.02 Å². The molecule has 8 heteroatoms. The van der Waals surface area contributed by atoms with Gasteiger partial charge in [0.25, 0.3) is 0 Å². The first-order valence-corrected chi connectivity index (χ1v) is 10.3. The maximum Gasteiger partial charge on any atom is 0.171 e. The Hall–Kier alpha value is -2.64. The third-order valence-electron chi connectivity index (χ3n) is 5.25. The molecular formula is C22H20ClFN2O3S. The van der Waals surface area contributed by atoms with Crippen molar-refractivity contribution in [3.63, 3.8) is 0 Å². The lowest BCUT2D eigenvalue weighted by Gasteiger charge is -2.34. The van der Waals surface area contributed by atoms with Crippen LogP contribution in [0.1, 0.15) is 36.4 Å². The maximum absolute atomic E-state index is 14.2. The van der Waals surface area contributed by atoms with Gasteiger partial charge in [-0.15, -0.1) is 0 Å². The highest BCUT2D eigenvalue weighted by atomic mass is 35.5. The van der Waals surface area contributed by atoms with E-state index in [0.29, 0.717) is 34.2 Å². The van der Waals surface area contributed by atoms with Gasteiger partial charge in [-0.3, -0.25) is 4.79 Å². The molecule has 0 saturated carbocycles. The van der Waals surface area contributed by atoms with Crippen LogP contribution in [0.5, 0.6) is 11.5 Å². The van der Waals surface area contributed by atoms with E-state index in [9.17, 15) is 9.18 Å². The number of methoxy groups -OCH3 is 1. The van der Waals surface area contributed by atoms with Gasteiger partial charge < -0.3 is 20.1 Å². The standard InChI is InChI=1S/C22H20ClFN2O3S/c1-28-18-10-2-5-12(21(18)29-11-13-14(23)6-3-7-15(13)24)20-19-16(25-22(30)26-20)8-4-9-17(19)27/h2-3,5-7,10,20H,4,8-9,11H2,1H3,(H2,25,26,30). The van der Waals surface area contributed by atoms with Crippen LogP contribution in [0.4, 0.5) is 4.39 Å². The van der Waals surface area contributed by atoms with Gasteiger partial charge in [0.05, 0.1) is 18.2 Å². The minimum Gasteiger partial charge on any atom is -0.493 e. The molecule has 2 aromatic rings. The second kappa shape index (κ2) is 8.62. The molecule has 0 bridgehead atoms. The van der Waals surface area contributed by atoms with Crippen LogP contribution < -0.4 is 20.1 Å². The Balaban J connectivity index is 1.75. The van der Waals surface area contributed by atoms with Crippen molar-refractivity contribution >= 4 is 34.7 Å². The number of rotatable bonds is 5. The fourth-order valence-corrected chi connectivity index (χ4v) is 4.29. The van der Waals surface area contributed by atoms with Crippen molar-refractivity contribution < 1.29 is 18.7 Å². The Bertz CT molecular complexity index is 1040. The van der Waals surface area contributed by atoms with Crippen molar-refractivity contribution in [2.45, 2.75) is 31.9 Å². The van der Waals surface area contributed by atoms with E-state index in [-0.39, 0.29) is 23.0 Å². The number of ketones is 1. The summed E-state index contributed by atoms with van der Waals surface area (Å²) in [5.41, 5.74) is 2.43. The number of carbonyl (C=O) groups excluding carboxylic acids is 1. The van der Waals surface area contributed by atoms with Crippen LogP contribution in [-0.2, 0) is 11.4 Å². The number of benzene rings is 2. The number of allylic oxidation sites excluding steroid dienone is 1. The summed E-state index contributed by atoms with van der Waals surface area (Å²) in [5.74, 6) is 0.491. The van der Waals surface area contributed by atoms with E-state index in [4.69, 9.17) is 33.3 Å². The molecule has 0 saturated heterocycles. The summed E-state index contributed by atoms with van der Waals surface area (Å²) in [5, 5.41) is 7.01. The van der Waals surface area contributed by atoms with Crippen molar-refractivity contribution in [3.05, 3.63) is 69.6 Å². The van der Waals surface area contributed by atoms with Gasteiger partial charge >= 0.3 is 0 Å². The molecule has 1 atom stereocenters. The normalized spacial score (nSPS) is 18.4. The monoisotopic (exact) mass is 446 g/mol. The zero-order valence-corrected chi connectivity index (χ0v) is 17.8. The predicted molar refractivity (Wildman–Crippen MR) is 116 cm³/mol. The van der Waals surface area contributed by atoms with Gasteiger partial charge in [0.1, 0.15) is 12.4 Å². The summed E-state index contributed by atoms with van der Waals surface area (Å²) in [6, 6.07) is 9.41. The van der Waals surface area contributed by atoms with Crippen LogP contribution in [-0.4, -0.2) is 18.0 Å². The van der Waals surface area contributed by atoms with Gasteiger partial charge in [-0.1, -0.05) is 29.8 Å². The summed E-state index contributed by atoms with van der Waals surface area (Å²) >= 11 is 11.5. The average molecular weight is 447 g/mol. The Morgan fingerprint density at radius 2 is 2.03 bits per heavy atom. The first kappa shape index (κ1) is 20.6. The third kappa shape index (κ3) is 3.87. The number of nitrogens with one attached hydrogen (secondary N) is 2. The smallest absolute Gasteiger partial charge is 0.171 e. The summed E-state index contributed by atoms with van der Waals surface area (Å²) < 4.78 is 25.7. The number of ether oxygens (including phenoxy) is 2. The zero-order valence-electron chi connectivity index (χ0n) is 16.3. The first-order chi connectivity index (χ1) is 14.5. The molecule has 0 aromatic heterocycles. The number of para-hydroxylation sites is 1. The van der Waals surface area contributed by atoms with E-state index < -0.39 is 11.9 Å². The number of Topliss-reactive ketones (excluding diaryl/α,β-unsaturated/α-hetero) is 1. The quantitative estimate of drug-likeness (QED) is 0.655. The molecule has 0 fully saturated rings. The molecule has 1 aliphatic carbocycles. The van der Waals surface area contributed by atoms with Gasteiger partial charge in [0.2, 0.25) is 0 Å². The van der Waals surface area contributed by atoms with E-state index in [1.165, 1.54) is 19.2 Å². The lowest BCUT2D eigenvalue weighted by atomic mass is 9.85. The molecule has 1 aliphatic heterocycles. The number of thiocarbonyl (C=S) groups is 1. The Morgan fingerprint density at radius 3 is 2.80 bits per heavy atom. The highest BCUT2D eigenvalue weighted by molar-refractivity contribution is 7.80. The van der Waals surface area contributed by atoms with Crippen LogP contribution in [0, 0.1) is 5.82 Å². The fourth-order valence-electron chi connectivity index (χ4n) is 3.83. The van der Waals surface area contributed by atoms with Gasteiger partial charge in [0.15, 0.2) is 22.4 Å². The van der Waals surface area contributed by atoms with E-state index in [2.05, 4.69) is 10.6 Å². The molecule has 5 nitrogen and oxygen atoms in total.